The zero-order valence-corrected chi connectivity index (χ0v) is 17.3. The molecule has 1 saturated heterocycles. The second-order valence-corrected chi connectivity index (χ2v) is 7.34. The summed E-state index contributed by atoms with van der Waals surface area (Å²) in [7, 11) is 1.67. The topological polar surface area (TPSA) is 61.9 Å². The van der Waals surface area contributed by atoms with Crippen LogP contribution in [0.4, 0.5) is 5.69 Å². The highest BCUT2D eigenvalue weighted by atomic mass is 35.5. The van der Waals surface area contributed by atoms with Crippen molar-refractivity contribution >= 4 is 29.9 Å². The molecule has 2 aliphatic rings. The maximum Gasteiger partial charge on any atom is 0.253 e. The van der Waals surface area contributed by atoms with Gasteiger partial charge in [0.05, 0.1) is 7.11 Å². The Morgan fingerprint density at radius 2 is 1.76 bits per heavy atom. The summed E-state index contributed by atoms with van der Waals surface area (Å²) < 4.78 is 5.20. The molecule has 0 aromatic heterocycles. The molecule has 0 saturated carbocycles. The predicted octanol–water partition coefficient (Wildman–Crippen LogP) is 2.96. The van der Waals surface area contributed by atoms with Gasteiger partial charge in [-0.3, -0.25) is 14.5 Å². The highest BCUT2D eigenvalue weighted by Crippen LogP contribution is 2.24. The molecule has 2 aromatic rings. The molecule has 0 bridgehead atoms. The van der Waals surface area contributed by atoms with E-state index in [-0.39, 0.29) is 24.2 Å². The van der Waals surface area contributed by atoms with E-state index in [2.05, 4.69) is 22.3 Å². The van der Waals surface area contributed by atoms with Crippen LogP contribution < -0.4 is 10.1 Å². The zero-order chi connectivity index (χ0) is 19.5. The molecule has 0 spiro atoms. The van der Waals surface area contributed by atoms with Crippen LogP contribution in [0, 0.1) is 0 Å². The number of carbonyl (C=O) groups is 2. The molecule has 1 fully saturated rings. The van der Waals surface area contributed by atoms with Crippen LogP contribution in [0.5, 0.6) is 5.75 Å². The Morgan fingerprint density at radius 1 is 1.03 bits per heavy atom. The first-order valence-corrected chi connectivity index (χ1v) is 9.70. The minimum Gasteiger partial charge on any atom is -0.497 e. The van der Waals surface area contributed by atoms with Crippen molar-refractivity contribution in [3.63, 3.8) is 0 Å². The summed E-state index contributed by atoms with van der Waals surface area (Å²) >= 11 is 0. The minimum absolute atomic E-state index is 0. The Bertz CT molecular complexity index is 877. The number of anilines is 1. The number of methoxy groups -OCH3 is 1. The van der Waals surface area contributed by atoms with Crippen molar-refractivity contribution in [1.29, 1.82) is 0 Å². The molecule has 0 radical (unpaired) electrons. The SMILES string of the molecule is COc1ccc(CN2CCN(C(=O)c3ccc4c(c3)CCC(=O)N4)CC2)cc1.Cl. The average molecular weight is 416 g/mol. The number of ether oxygens (including phenoxy) is 1. The lowest BCUT2D eigenvalue weighted by Crippen LogP contribution is -2.48. The number of rotatable bonds is 4. The molecular weight excluding hydrogens is 390 g/mol. The number of nitrogens with zero attached hydrogens (tertiary/aromatic N) is 2. The molecule has 29 heavy (non-hydrogen) atoms. The number of halogens is 1. The van der Waals surface area contributed by atoms with Crippen LogP contribution in [0.1, 0.15) is 27.9 Å². The van der Waals surface area contributed by atoms with Crippen LogP contribution >= 0.6 is 12.4 Å². The molecule has 0 atom stereocenters. The number of aryl methyl sites for hydroxylation is 1. The molecule has 7 heteroatoms. The number of nitrogens with one attached hydrogen (secondary N) is 1. The molecule has 4 rings (SSSR count). The highest BCUT2D eigenvalue weighted by molar-refractivity contribution is 5.98. The third-order valence-electron chi connectivity index (χ3n) is 5.47. The lowest BCUT2D eigenvalue weighted by Gasteiger charge is -2.35. The first-order chi connectivity index (χ1) is 13.6. The van der Waals surface area contributed by atoms with Crippen LogP contribution in [-0.4, -0.2) is 54.9 Å². The fraction of sp³-hybridized carbons (Fsp3) is 0.364. The van der Waals surface area contributed by atoms with Crippen LogP contribution in [0.15, 0.2) is 42.5 Å². The minimum atomic E-state index is 0. The number of hydrogen-bond acceptors (Lipinski definition) is 4. The number of amides is 2. The summed E-state index contributed by atoms with van der Waals surface area (Å²) in [4.78, 5) is 28.7. The number of fused-ring (bicyclic) bond motifs is 1. The first-order valence-electron chi connectivity index (χ1n) is 9.70. The molecule has 1 N–H and O–H groups in total. The summed E-state index contributed by atoms with van der Waals surface area (Å²) in [5.41, 5.74) is 3.83. The number of carbonyl (C=O) groups excluding carboxylic acids is 2. The van der Waals surface area contributed by atoms with Crippen LogP contribution in [0.3, 0.4) is 0 Å². The summed E-state index contributed by atoms with van der Waals surface area (Å²) in [6.07, 6.45) is 1.17. The van der Waals surface area contributed by atoms with E-state index in [4.69, 9.17) is 4.74 Å². The van der Waals surface area contributed by atoms with Gasteiger partial charge in [-0.05, 0) is 47.9 Å². The van der Waals surface area contributed by atoms with Crippen molar-refractivity contribution in [3.05, 3.63) is 59.2 Å². The fourth-order valence-electron chi connectivity index (χ4n) is 3.80. The van der Waals surface area contributed by atoms with E-state index < -0.39 is 0 Å². The number of piperazine rings is 1. The van der Waals surface area contributed by atoms with E-state index in [0.29, 0.717) is 18.4 Å². The molecule has 2 aromatic carbocycles. The fourth-order valence-corrected chi connectivity index (χ4v) is 3.80. The summed E-state index contributed by atoms with van der Waals surface area (Å²) in [5.74, 6) is 0.979. The van der Waals surface area contributed by atoms with E-state index in [0.717, 1.165) is 49.7 Å². The second-order valence-electron chi connectivity index (χ2n) is 7.34. The van der Waals surface area contributed by atoms with E-state index in [1.807, 2.05) is 35.2 Å². The maximum absolute atomic E-state index is 12.9. The molecule has 2 aliphatic heterocycles. The van der Waals surface area contributed by atoms with Gasteiger partial charge >= 0.3 is 0 Å². The van der Waals surface area contributed by atoms with E-state index in [1.54, 1.807) is 7.11 Å². The Hall–Kier alpha value is -2.57. The van der Waals surface area contributed by atoms with Gasteiger partial charge in [-0.15, -0.1) is 12.4 Å². The van der Waals surface area contributed by atoms with Crippen molar-refractivity contribution in [2.75, 3.05) is 38.6 Å². The molecule has 6 nitrogen and oxygen atoms in total. The maximum atomic E-state index is 12.9. The summed E-state index contributed by atoms with van der Waals surface area (Å²) in [6.45, 7) is 4.05. The van der Waals surface area contributed by atoms with E-state index in [9.17, 15) is 9.59 Å². The van der Waals surface area contributed by atoms with Crippen LogP contribution in [0.25, 0.3) is 0 Å². The lowest BCUT2D eigenvalue weighted by atomic mass is 10.00. The van der Waals surface area contributed by atoms with Gasteiger partial charge in [0.15, 0.2) is 0 Å². The van der Waals surface area contributed by atoms with Crippen molar-refractivity contribution in [2.45, 2.75) is 19.4 Å². The smallest absolute Gasteiger partial charge is 0.253 e. The van der Waals surface area contributed by atoms with Gasteiger partial charge in [-0.25, -0.2) is 0 Å². The van der Waals surface area contributed by atoms with Crippen molar-refractivity contribution in [2.24, 2.45) is 0 Å². The van der Waals surface area contributed by atoms with Crippen molar-refractivity contribution in [1.82, 2.24) is 9.80 Å². The standard InChI is InChI=1S/C22H25N3O3.ClH/c1-28-19-6-2-16(3-7-19)15-24-10-12-25(13-11-24)22(27)18-4-8-20-17(14-18)5-9-21(26)23-20;/h2-4,6-8,14H,5,9-13,15H2,1H3,(H,23,26);1H. The van der Waals surface area contributed by atoms with Crippen molar-refractivity contribution in [3.8, 4) is 5.75 Å². The quantitative estimate of drug-likeness (QED) is 0.834. The monoisotopic (exact) mass is 415 g/mol. The van der Waals surface area contributed by atoms with E-state index >= 15 is 0 Å². The third-order valence-corrected chi connectivity index (χ3v) is 5.47. The van der Waals surface area contributed by atoms with Gasteiger partial charge < -0.3 is 15.0 Å². The number of hydrogen-bond donors (Lipinski definition) is 1. The predicted molar refractivity (Wildman–Crippen MR) is 115 cm³/mol. The molecular formula is C22H26ClN3O3. The van der Waals surface area contributed by atoms with Gasteiger partial charge in [-0.1, -0.05) is 12.1 Å². The Kier molecular flexibility index (Phi) is 6.77. The normalized spacial score (nSPS) is 16.4. The molecule has 2 heterocycles. The first kappa shape index (κ1) is 21.1. The van der Waals surface area contributed by atoms with Crippen LogP contribution in [-0.2, 0) is 17.8 Å². The van der Waals surface area contributed by atoms with Gasteiger partial charge in [-0.2, -0.15) is 0 Å². The molecule has 0 unspecified atom stereocenters. The Labute approximate surface area is 177 Å². The summed E-state index contributed by atoms with van der Waals surface area (Å²) in [6, 6.07) is 13.7. The third kappa shape index (κ3) is 4.89. The van der Waals surface area contributed by atoms with Gasteiger partial charge in [0, 0.05) is 50.4 Å². The van der Waals surface area contributed by atoms with Crippen LogP contribution in [0.2, 0.25) is 0 Å². The van der Waals surface area contributed by atoms with E-state index in [1.165, 1.54) is 5.56 Å². The highest BCUT2D eigenvalue weighted by Gasteiger charge is 2.23. The summed E-state index contributed by atoms with van der Waals surface area (Å²) in [5, 5.41) is 2.86. The Balaban J connectivity index is 0.00000240. The van der Waals surface area contributed by atoms with Gasteiger partial charge in [0.2, 0.25) is 5.91 Å². The lowest BCUT2D eigenvalue weighted by molar-refractivity contribution is -0.116. The van der Waals surface area contributed by atoms with Gasteiger partial charge in [0.25, 0.3) is 5.91 Å². The average Bonchev–Trinajstić information content (AvgIpc) is 2.74. The van der Waals surface area contributed by atoms with Gasteiger partial charge in [0.1, 0.15) is 5.75 Å². The zero-order valence-electron chi connectivity index (χ0n) is 16.5. The Morgan fingerprint density at radius 3 is 2.45 bits per heavy atom. The molecule has 0 aliphatic carbocycles. The largest absolute Gasteiger partial charge is 0.497 e. The number of benzene rings is 2. The second kappa shape index (κ2) is 9.29. The molecule has 2 amide bonds. The van der Waals surface area contributed by atoms with Crippen molar-refractivity contribution < 1.29 is 14.3 Å². The molecule has 154 valence electrons.